The zero-order valence-corrected chi connectivity index (χ0v) is 15.3. The number of hydrogen-bond donors (Lipinski definition) is 2. The van der Waals surface area contributed by atoms with Gasteiger partial charge in [-0.1, -0.05) is 36.4 Å². The Morgan fingerprint density at radius 2 is 2.08 bits per heavy atom. The van der Waals surface area contributed by atoms with Gasteiger partial charge in [0, 0.05) is 43.9 Å². The molecule has 0 aromatic heterocycles. The molecular formula is C21H27N3O2. The Hall–Kier alpha value is -2.53. The van der Waals surface area contributed by atoms with E-state index in [1.807, 2.05) is 30.3 Å². The number of hydrogen-bond acceptors (Lipinski definition) is 4. The van der Waals surface area contributed by atoms with Crippen LogP contribution in [0.25, 0.3) is 0 Å². The minimum atomic E-state index is -0.0514. The fourth-order valence-corrected chi connectivity index (χ4v) is 3.39. The average Bonchev–Trinajstić information content (AvgIpc) is 2.67. The van der Waals surface area contributed by atoms with Crippen LogP contribution in [-0.2, 0) is 16.1 Å². The summed E-state index contributed by atoms with van der Waals surface area (Å²) in [7, 11) is 1.72. The van der Waals surface area contributed by atoms with Gasteiger partial charge in [0.2, 0.25) is 5.91 Å². The Balaban J connectivity index is 1.54. The van der Waals surface area contributed by atoms with E-state index < -0.39 is 0 Å². The number of carbonyl (C=O) groups excluding carboxylic acids is 1. The molecule has 138 valence electrons. The first kappa shape index (κ1) is 18.3. The highest BCUT2D eigenvalue weighted by Gasteiger charge is 2.22. The van der Waals surface area contributed by atoms with Gasteiger partial charge in [-0.05, 0) is 30.1 Å². The first-order chi connectivity index (χ1) is 12.7. The molecule has 1 heterocycles. The van der Waals surface area contributed by atoms with Gasteiger partial charge in [0.15, 0.2) is 0 Å². The van der Waals surface area contributed by atoms with E-state index in [0.29, 0.717) is 25.2 Å². The summed E-state index contributed by atoms with van der Waals surface area (Å²) in [5, 5.41) is 2.98. The number of nitrogens with two attached hydrogens (primary N) is 1. The van der Waals surface area contributed by atoms with E-state index in [2.05, 4.69) is 22.4 Å². The van der Waals surface area contributed by atoms with E-state index in [0.717, 1.165) is 42.8 Å². The molecule has 0 fully saturated rings. The molecule has 1 aromatic rings. The lowest BCUT2D eigenvalue weighted by Crippen LogP contribution is -2.39. The monoisotopic (exact) mass is 353 g/mol. The average molecular weight is 353 g/mol. The second-order valence-corrected chi connectivity index (χ2v) is 6.77. The number of nitrogens with one attached hydrogen (secondary N) is 1. The number of amides is 1. The maximum atomic E-state index is 12.5. The summed E-state index contributed by atoms with van der Waals surface area (Å²) in [6.45, 7) is 2.83. The zero-order chi connectivity index (χ0) is 18.4. The molecule has 5 heteroatoms. The van der Waals surface area contributed by atoms with Gasteiger partial charge in [-0.15, -0.1) is 0 Å². The second-order valence-electron chi connectivity index (χ2n) is 6.77. The smallest absolute Gasteiger partial charge is 0.249 e. The molecule has 0 saturated heterocycles. The lowest BCUT2D eigenvalue weighted by Gasteiger charge is -2.29. The van der Waals surface area contributed by atoms with Crippen molar-refractivity contribution in [1.29, 1.82) is 0 Å². The number of methoxy groups -OCH3 is 1. The van der Waals surface area contributed by atoms with E-state index in [1.165, 1.54) is 5.57 Å². The number of ether oxygens (including phenoxy) is 1. The lowest BCUT2D eigenvalue weighted by atomic mass is 10.0. The van der Waals surface area contributed by atoms with Crippen LogP contribution in [0.15, 0.2) is 65.1 Å². The number of nitrogens with zero attached hydrogens (tertiary/aromatic N) is 1. The minimum Gasteiger partial charge on any atom is -0.501 e. The molecule has 1 aromatic carbocycles. The lowest BCUT2D eigenvalue weighted by molar-refractivity contribution is -0.118. The molecule has 2 aliphatic rings. The first-order valence-corrected chi connectivity index (χ1v) is 9.11. The van der Waals surface area contributed by atoms with Crippen molar-refractivity contribution >= 4 is 5.91 Å². The molecule has 3 rings (SSSR count). The van der Waals surface area contributed by atoms with Crippen molar-refractivity contribution in [3.8, 4) is 0 Å². The Kier molecular flexibility index (Phi) is 6.12. The summed E-state index contributed by atoms with van der Waals surface area (Å²) < 4.78 is 5.36. The van der Waals surface area contributed by atoms with Crippen LogP contribution in [0.5, 0.6) is 0 Å². The third kappa shape index (κ3) is 4.76. The normalized spacial score (nSPS) is 18.2. The van der Waals surface area contributed by atoms with Crippen LogP contribution in [0.2, 0.25) is 0 Å². The Bertz CT molecular complexity index is 735. The summed E-state index contributed by atoms with van der Waals surface area (Å²) in [5.41, 5.74) is 9.96. The van der Waals surface area contributed by atoms with Crippen molar-refractivity contribution in [3.63, 3.8) is 0 Å². The van der Waals surface area contributed by atoms with Crippen LogP contribution in [0, 0.1) is 0 Å². The van der Waals surface area contributed by atoms with E-state index >= 15 is 0 Å². The second kappa shape index (κ2) is 8.72. The van der Waals surface area contributed by atoms with E-state index in [4.69, 9.17) is 10.5 Å². The maximum Gasteiger partial charge on any atom is 0.249 e. The number of allylic oxidation sites excluding steroid dienone is 2. The molecule has 1 aliphatic carbocycles. The zero-order valence-electron chi connectivity index (χ0n) is 15.3. The molecule has 1 amide bonds. The highest BCUT2D eigenvalue weighted by Crippen LogP contribution is 2.21. The minimum absolute atomic E-state index is 0.0514. The molecule has 0 unspecified atom stereocenters. The van der Waals surface area contributed by atoms with E-state index in [1.54, 1.807) is 7.11 Å². The van der Waals surface area contributed by atoms with Crippen LogP contribution < -0.4 is 11.1 Å². The summed E-state index contributed by atoms with van der Waals surface area (Å²) in [4.78, 5) is 14.7. The van der Waals surface area contributed by atoms with Crippen LogP contribution >= 0.6 is 0 Å². The first-order valence-electron chi connectivity index (χ1n) is 9.11. The van der Waals surface area contributed by atoms with Crippen molar-refractivity contribution in [2.45, 2.75) is 25.8 Å². The number of benzene rings is 1. The quantitative estimate of drug-likeness (QED) is 0.824. The summed E-state index contributed by atoms with van der Waals surface area (Å²) in [6.07, 6.45) is 7.03. The van der Waals surface area contributed by atoms with Crippen molar-refractivity contribution < 1.29 is 9.53 Å². The Morgan fingerprint density at radius 1 is 1.27 bits per heavy atom. The van der Waals surface area contributed by atoms with Crippen molar-refractivity contribution in [1.82, 2.24) is 10.2 Å². The van der Waals surface area contributed by atoms with Gasteiger partial charge in [0.25, 0.3) is 0 Å². The van der Waals surface area contributed by atoms with Crippen molar-refractivity contribution in [3.05, 3.63) is 70.6 Å². The molecule has 1 aliphatic heterocycles. The third-order valence-electron chi connectivity index (χ3n) is 4.84. The molecule has 5 nitrogen and oxygen atoms in total. The Labute approximate surface area is 155 Å². The highest BCUT2D eigenvalue weighted by atomic mass is 16.5. The van der Waals surface area contributed by atoms with Crippen LogP contribution in [-0.4, -0.2) is 37.6 Å². The van der Waals surface area contributed by atoms with Gasteiger partial charge in [-0.2, -0.15) is 0 Å². The SMILES string of the molecule is COC1=CC(CN2CCC(C(=O)NCc3ccccc3)=C(N)C2)=CCC1. The standard InChI is InChI=1S/C21H27N3O2/c1-26-18-9-5-8-17(12-18)14-24-11-10-19(20(22)15-24)21(25)23-13-16-6-3-2-4-7-16/h2-4,6-8,12H,5,9-11,13-15,22H2,1H3,(H,23,25). The van der Waals surface area contributed by atoms with Gasteiger partial charge in [0.1, 0.15) is 0 Å². The molecule has 3 N–H and O–H groups in total. The predicted molar refractivity (Wildman–Crippen MR) is 103 cm³/mol. The fraction of sp³-hybridized carbons (Fsp3) is 0.381. The largest absolute Gasteiger partial charge is 0.501 e. The summed E-state index contributed by atoms with van der Waals surface area (Å²) in [6, 6.07) is 9.91. The van der Waals surface area contributed by atoms with Crippen LogP contribution in [0.1, 0.15) is 24.8 Å². The third-order valence-corrected chi connectivity index (χ3v) is 4.84. The summed E-state index contributed by atoms with van der Waals surface area (Å²) >= 11 is 0. The van der Waals surface area contributed by atoms with Gasteiger partial charge < -0.3 is 15.8 Å². The van der Waals surface area contributed by atoms with Gasteiger partial charge >= 0.3 is 0 Å². The number of rotatable bonds is 6. The molecule has 0 radical (unpaired) electrons. The number of carbonyl (C=O) groups is 1. The molecular weight excluding hydrogens is 326 g/mol. The molecule has 0 saturated carbocycles. The fourth-order valence-electron chi connectivity index (χ4n) is 3.39. The van der Waals surface area contributed by atoms with Crippen LogP contribution in [0.3, 0.4) is 0 Å². The Morgan fingerprint density at radius 3 is 2.81 bits per heavy atom. The topological polar surface area (TPSA) is 67.6 Å². The van der Waals surface area contributed by atoms with Gasteiger partial charge in [-0.3, -0.25) is 9.69 Å². The van der Waals surface area contributed by atoms with E-state index in [9.17, 15) is 4.79 Å². The molecule has 26 heavy (non-hydrogen) atoms. The van der Waals surface area contributed by atoms with Crippen LogP contribution in [0.4, 0.5) is 0 Å². The maximum absolute atomic E-state index is 12.5. The molecule has 0 bridgehead atoms. The predicted octanol–water partition coefficient (Wildman–Crippen LogP) is 2.47. The molecule has 0 atom stereocenters. The summed E-state index contributed by atoms with van der Waals surface area (Å²) in [5.74, 6) is 0.980. The van der Waals surface area contributed by atoms with Crippen molar-refractivity contribution in [2.75, 3.05) is 26.7 Å². The van der Waals surface area contributed by atoms with E-state index in [-0.39, 0.29) is 5.91 Å². The van der Waals surface area contributed by atoms with Crippen molar-refractivity contribution in [2.24, 2.45) is 5.73 Å². The van der Waals surface area contributed by atoms with Gasteiger partial charge in [-0.25, -0.2) is 0 Å². The highest BCUT2D eigenvalue weighted by molar-refractivity contribution is 5.94. The molecule has 0 spiro atoms. The van der Waals surface area contributed by atoms with Gasteiger partial charge in [0.05, 0.1) is 12.9 Å².